The van der Waals surface area contributed by atoms with E-state index in [0.717, 1.165) is 5.56 Å². The fraction of sp³-hybridized carbons (Fsp3) is 0.600. The van der Waals surface area contributed by atoms with Crippen LogP contribution in [0, 0.1) is 6.92 Å². The van der Waals surface area contributed by atoms with Crippen molar-refractivity contribution in [1.29, 1.82) is 0 Å². The summed E-state index contributed by atoms with van der Waals surface area (Å²) in [6, 6.07) is 0. The summed E-state index contributed by atoms with van der Waals surface area (Å²) in [4.78, 5) is 8.15. The van der Waals surface area contributed by atoms with Crippen molar-refractivity contribution < 1.29 is 13.2 Å². The third-order valence-corrected chi connectivity index (χ3v) is 3.63. The van der Waals surface area contributed by atoms with Crippen LogP contribution < -0.4 is 5.14 Å². The lowest BCUT2D eigenvalue weighted by Gasteiger charge is -2.20. The quantitative estimate of drug-likeness (QED) is 0.832. The highest BCUT2D eigenvalue weighted by atomic mass is 32.2. The Morgan fingerprint density at radius 2 is 1.94 bits per heavy atom. The number of nitrogens with two attached hydrogens (primary N) is 1. The van der Waals surface area contributed by atoms with Crippen molar-refractivity contribution in [3.05, 3.63) is 23.8 Å². The lowest BCUT2D eigenvalue weighted by atomic mass is 10.2. The molecule has 7 heteroatoms. The molecule has 0 amide bonds. The molecule has 0 radical (unpaired) electrons. The smallest absolute Gasteiger partial charge is 0.214 e. The second kappa shape index (κ2) is 5.52. The van der Waals surface area contributed by atoms with Gasteiger partial charge < -0.3 is 4.74 Å². The van der Waals surface area contributed by atoms with Crippen LogP contribution in [-0.2, 0) is 14.8 Å². The number of hydrogen-bond donors (Lipinski definition) is 1. The maximum atomic E-state index is 11.3. The van der Waals surface area contributed by atoms with Gasteiger partial charge in [0.05, 0.1) is 0 Å². The molecule has 96 valence electrons. The van der Waals surface area contributed by atoms with Gasteiger partial charge >= 0.3 is 0 Å². The van der Waals surface area contributed by atoms with Gasteiger partial charge in [-0.3, -0.25) is 0 Å². The summed E-state index contributed by atoms with van der Waals surface area (Å²) >= 11 is 0. The maximum absolute atomic E-state index is 11.3. The Kier molecular flexibility index (Phi) is 4.55. The zero-order valence-corrected chi connectivity index (χ0v) is 10.9. The number of sulfonamides is 1. The van der Waals surface area contributed by atoms with E-state index in [1.165, 1.54) is 6.92 Å². The molecule has 0 aliphatic rings. The molecule has 0 aromatic carbocycles. The lowest BCUT2D eigenvalue weighted by molar-refractivity contribution is 0.0556. The Labute approximate surface area is 101 Å². The van der Waals surface area contributed by atoms with E-state index in [0.29, 0.717) is 12.4 Å². The monoisotopic (exact) mass is 259 g/mol. The van der Waals surface area contributed by atoms with Gasteiger partial charge in [0.15, 0.2) is 5.82 Å². The molecule has 2 atom stereocenters. The van der Waals surface area contributed by atoms with E-state index in [9.17, 15) is 8.42 Å². The summed E-state index contributed by atoms with van der Waals surface area (Å²) in [5.74, 6) is 0.332. The lowest BCUT2D eigenvalue weighted by Crippen LogP contribution is -2.33. The summed E-state index contributed by atoms with van der Waals surface area (Å²) in [6.07, 6.45) is 2.49. The van der Waals surface area contributed by atoms with Crippen molar-refractivity contribution >= 4 is 10.0 Å². The van der Waals surface area contributed by atoms with Gasteiger partial charge in [-0.2, -0.15) is 0 Å². The molecule has 1 aromatic rings. The van der Waals surface area contributed by atoms with Gasteiger partial charge in [0, 0.05) is 19.0 Å². The number of ether oxygens (including phenoxy) is 1. The van der Waals surface area contributed by atoms with Crippen molar-refractivity contribution in [1.82, 2.24) is 9.97 Å². The molecule has 17 heavy (non-hydrogen) atoms. The normalized spacial score (nSPS) is 15.5. The van der Waals surface area contributed by atoms with E-state index in [1.807, 2.05) is 6.92 Å². The molecular formula is C10H17N3O3S. The predicted octanol–water partition coefficient (Wildman–Crippen LogP) is 0.540. The highest BCUT2D eigenvalue weighted by Crippen LogP contribution is 2.21. The van der Waals surface area contributed by atoms with Gasteiger partial charge in [0.25, 0.3) is 0 Å². The van der Waals surface area contributed by atoms with Crippen LogP contribution in [-0.4, -0.2) is 30.2 Å². The van der Waals surface area contributed by atoms with Gasteiger partial charge in [0.1, 0.15) is 11.4 Å². The summed E-state index contributed by atoms with van der Waals surface area (Å²) in [5, 5.41) is 4.23. The second-order valence-corrected chi connectivity index (χ2v) is 5.71. The first kappa shape index (κ1) is 14.0. The van der Waals surface area contributed by atoms with Crippen LogP contribution in [0.15, 0.2) is 12.4 Å². The van der Waals surface area contributed by atoms with Crippen LogP contribution in [0.5, 0.6) is 0 Å². The summed E-state index contributed by atoms with van der Waals surface area (Å²) in [6.45, 7) is 5.47. The topological polar surface area (TPSA) is 95.2 Å². The Morgan fingerprint density at radius 3 is 2.35 bits per heavy atom. The van der Waals surface area contributed by atoms with Gasteiger partial charge in [0.2, 0.25) is 10.0 Å². The molecule has 1 heterocycles. The van der Waals surface area contributed by atoms with Crippen molar-refractivity contribution in [2.24, 2.45) is 5.14 Å². The summed E-state index contributed by atoms with van der Waals surface area (Å²) in [7, 11) is -3.69. The minimum Gasteiger partial charge on any atom is -0.369 e. The first-order valence-electron chi connectivity index (χ1n) is 5.28. The van der Waals surface area contributed by atoms with E-state index in [-0.39, 0.29) is 0 Å². The molecule has 0 aliphatic heterocycles. The molecule has 0 saturated carbocycles. The Hall–Kier alpha value is -1.05. The van der Waals surface area contributed by atoms with E-state index in [2.05, 4.69) is 9.97 Å². The van der Waals surface area contributed by atoms with Gasteiger partial charge in [-0.15, -0.1) is 0 Å². The number of hydrogen-bond acceptors (Lipinski definition) is 5. The highest BCUT2D eigenvalue weighted by molar-refractivity contribution is 7.89. The van der Waals surface area contributed by atoms with Crippen molar-refractivity contribution in [3.63, 3.8) is 0 Å². The van der Waals surface area contributed by atoms with Crippen LogP contribution in [0.25, 0.3) is 0 Å². The number of nitrogens with zero attached hydrogens (tertiary/aromatic N) is 2. The zero-order valence-electron chi connectivity index (χ0n) is 10.1. The van der Waals surface area contributed by atoms with E-state index in [4.69, 9.17) is 9.88 Å². The largest absolute Gasteiger partial charge is 0.369 e. The Balaban J connectivity index is 3.05. The van der Waals surface area contributed by atoms with Crippen molar-refractivity contribution in [2.45, 2.75) is 32.1 Å². The Bertz CT molecular complexity index is 458. The van der Waals surface area contributed by atoms with Gasteiger partial charge in [-0.1, -0.05) is 0 Å². The molecule has 2 unspecified atom stereocenters. The molecule has 0 saturated heterocycles. The number of rotatable bonds is 5. The zero-order chi connectivity index (χ0) is 13.1. The average molecular weight is 259 g/mol. The Morgan fingerprint density at radius 1 is 1.41 bits per heavy atom. The third kappa shape index (κ3) is 3.72. The first-order chi connectivity index (χ1) is 7.86. The minimum absolute atomic E-state index is 0.332. The molecule has 6 nitrogen and oxygen atoms in total. The third-order valence-electron chi connectivity index (χ3n) is 2.35. The predicted molar refractivity (Wildman–Crippen MR) is 63.7 cm³/mol. The molecule has 0 spiro atoms. The number of aromatic nitrogens is 2. The van der Waals surface area contributed by atoms with Crippen molar-refractivity contribution in [2.75, 3.05) is 6.61 Å². The second-order valence-electron chi connectivity index (χ2n) is 3.79. The molecule has 1 aromatic heterocycles. The molecule has 2 N–H and O–H groups in total. The molecule has 1 rings (SSSR count). The molecule has 0 aliphatic carbocycles. The summed E-state index contributed by atoms with van der Waals surface area (Å²) in [5.41, 5.74) is 0.896. The fourth-order valence-electron chi connectivity index (χ4n) is 1.32. The standard InChI is InChI=1S/C10H17N3O3S/c1-4-16-9(8(3)17(11,14)15)10-12-5-7(2)6-13-10/h5-6,8-9H,4H2,1-3H3,(H2,11,14,15). The SMILES string of the molecule is CCOC(c1ncc(C)cn1)C(C)S(N)(=O)=O. The highest BCUT2D eigenvalue weighted by Gasteiger charge is 2.30. The van der Waals surface area contributed by atoms with E-state index < -0.39 is 21.4 Å². The average Bonchev–Trinajstić information content (AvgIpc) is 2.25. The molecule has 0 fully saturated rings. The van der Waals surface area contributed by atoms with Crippen LogP contribution in [0.1, 0.15) is 31.3 Å². The molecular weight excluding hydrogens is 242 g/mol. The summed E-state index contributed by atoms with van der Waals surface area (Å²) < 4.78 is 28.0. The van der Waals surface area contributed by atoms with Gasteiger partial charge in [-0.05, 0) is 26.3 Å². The van der Waals surface area contributed by atoms with Crippen LogP contribution in [0.3, 0.4) is 0 Å². The minimum atomic E-state index is -3.69. The maximum Gasteiger partial charge on any atom is 0.214 e. The fourth-order valence-corrected chi connectivity index (χ4v) is 1.87. The van der Waals surface area contributed by atoms with Crippen LogP contribution in [0.2, 0.25) is 0 Å². The van der Waals surface area contributed by atoms with Crippen LogP contribution >= 0.6 is 0 Å². The number of primary sulfonamides is 1. The van der Waals surface area contributed by atoms with Crippen molar-refractivity contribution in [3.8, 4) is 0 Å². The van der Waals surface area contributed by atoms with Gasteiger partial charge in [-0.25, -0.2) is 23.5 Å². The molecule has 0 bridgehead atoms. The van der Waals surface area contributed by atoms with E-state index in [1.54, 1.807) is 19.3 Å². The number of aryl methyl sites for hydroxylation is 1. The van der Waals surface area contributed by atoms with E-state index >= 15 is 0 Å². The first-order valence-corrected chi connectivity index (χ1v) is 6.89. The van der Waals surface area contributed by atoms with Crippen LogP contribution in [0.4, 0.5) is 0 Å².